The van der Waals surface area contributed by atoms with E-state index in [-0.39, 0.29) is 18.8 Å². The van der Waals surface area contributed by atoms with Crippen molar-refractivity contribution in [1.29, 1.82) is 0 Å². The second-order valence-electron chi connectivity index (χ2n) is 4.88. The Morgan fingerprint density at radius 1 is 1.45 bits per heavy atom. The Hall–Kier alpha value is -1.30. The molecule has 0 saturated carbocycles. The third-order valence-corrected chi connectivity index (χ3v) is 3.65. The molecule has 1 N–H and O–H groups in total. The van der Waals surface area contributed by atoms with Crippen LogP contribution in [0, 0.1) is 0 Å². The molecule has 108 valence electrons. The van der Waals surface area contributed by atoms with Gasteiger partial charge >= 0.3 is 0 Å². The molecule has 2 aliphatic heterocycles. The molecule has 20 heavy (non-hydrogen) atoms. The van der Waals surface area contributed by atoms with E-state index in [1.807, 2.05) is 12.1 Å². The van der Waals surface area contributed by atoms with E-state index in [1.54, 1.807) is 0 Å². The molecule has 1 saturated heterocycles. The van der Waals surface area contributed by atoms with Crippen LogP contribution in [0.3, 0.4) is 0 Å². The summed E-state index contributed by atoms with van der Waals surface area (Å²) >= 11 is 6.08. The second kappa shape index (κ2) is 5.99. The van der Waals surface area contributed by atoms with Crippen molar-refractivity contribution in [2.75, 3.05) is 13.4 Å². The van der Waals surface area contributed by atoms with Gasteiger partial charge < -0.3 is 19.5 Å². The molecule has 3 rings (SSSR count). The number of halogens is 1. The highest BCUT2D eigenvalue weighted by Crippen LogP contribution is 2.31. The van der Waals surface area contributed by atoms with Gasteiger partial charge in [0.2, 0.25) is 5.91 Å². The quantitative estimate of drug-likeness (QED) is 0.927. The van der Waals surface area contributed by atoms with Crippen LogP contribution in [0.1, 0.15) is 24.0 Å². The van der Waals surface area contributed by atoms with Gasteiger partial charge in [-0.2, -0.15) is 0 Å². The fourth-order valence-electron chi connectivity index (χ4n) is 2.47. The number of carbonyl (C=O) groups excluding carboxylic acids is 1. The minimum atomic E-state index is -0.325. The predicted octanol–water partition coefficient (Wildman–Crippen LogP) is 2.00. The first kappa shape index (κ1) is 13.7. The van der Waals surface area contributed by atoms with Crippen molar-refractivity contribution in [3.63, 3.8) is 0 Å². The average Bonchev–Trinajstić information content (AvgIpc) is 2.98. The van der Waals surface area contributed by atoms with Crippen molar-refractivity contribution in [3.05, 3.63) is 28.3 Å². The Morgan fingerprint density at radius 3 is 3.15 bits per heavy atom. The zero-order valence-corrected chi connectivity index (χ0v) is 11.7. The van der Waals surface area contributed by atoms with Gasteiger partial charge in [-0.25, -0.2) is 0 Å². The van der Waals surface area contributed by atoms with Crippen LogP contribution in [0.5, 0.6) is 5.75 Å². The van der Waals surface area contributed by atoms with Crippen LogP contribution in [-0.4, -0.2) is 25.4 Å². The lowest BCUT2D eigenvalue weighted by Gasteiger charge is -2.21. The third-order valence-electron chi connectivity index (χ3n) is 3.43. The summed E-state index contributed by atoms with van der Waals surface area (Å²) in [4.78, 5) is 11.9. The fourth-order valence-corrected chi connectivity index (χ4v) is 2.73. The number of amides is 1. The first-order valence-electron chi connectivity index (χ1n) is 6.65. The smallest absolute Gasteiger partial charge is 0.249 e. The van der Waals surface area contributed by atoms with Crippen molar-refractivity contribution in [2.24, 2.45) is 0 Å². The number of rotatable bonds is 3. The summed E-state index contributed by atoms with van der Waals surface area (Å²) in [5.41, 5.74) is 1.77. The molecule has 2 aliphatic rings. The van der Waals surface area contributed by atoms with Crippen LogP contribution in [-0.2, 0) is 27.4 Å². The van der Waals surface area contributed by atoms with Gasteiger partial charge in [0.25, 0.3) is 0 Å². The molecule has 0 bridgehead atoms. The molecule has 1 aromatic carbocycles. The van der Waals surface area contributed by atoms with Crippen molar-refractivity contribution >= 4 is 17.5 Å². The van der Waals surface area contributed by atoms with Gasteiger partial charge in [-0.3, -0.25) is 4.79 Å². The van der Waals surface area contributed by atoms with Crippen LogP contribution in [0.2, 0.25) is 5.02 Å². The van der Waals surface area contributed by atoms with E-state index in [0.717, 1.165) is 29.7 Å². The molecule has 0 aliphatic carbocycles. The Bertz CT molecular complexity index is 514. The van der Waals surface area contributed by atoms with Gasteiger partial charge in [0, 0.05) is 29.3 Å². The predicted molar refractivity (Wildman–Crippen MR) is 72.6 cm³/mol. The molecule has 0 radical (unpaired) electrons. The standard InChI is InChI=1S/C14H16ClNO4/c15-11-4-9(13-10(5-11)7-18-8-20-13)6-16-14(17)12-2-1-3-19-12/h4-5,12H,1-3,6-8H2,(H,16,17). The summed E-state index contributed by atoms with van der Waals surface area (Å²) in [6.45, 7) is 1.73. The Balaban J connectivity index is 1.70. The lowest BCUT2D eigenvalue weighted by atomic mass is 10.1. The normalized spacial score (nSPS) is 21.1. The van der Waals surface area contributed by atoms with Gasteiger partial charge in [0.05, 0.1) is 6.61 Å². The van der Waals surface area contributed by atoms with E-state index in [2.05, 4.69) is 5.32 Å². The van der Waals surface area contributed by atoms with Crippen LogP contribution >= 0.6 is 11.6 Å². The van der Waals surface area contributed by atoms with Crippen LogP contribution < -0.4 is 10.1 Å². The SMILES string of the molecule is O=C(NCc1cc(Cl)cc2c1OCOC2)C1CCCO1. The van der Waals surface area contributed by atoms with Crippen LogP contribution in [0.15, 0.2) is 12.1 Å². The first-order valence-corrected chi connectivity index (χ1v) is 7.03. The van der Waals surface area contributed by atoms with Crippen LogP contribution in [0.4, 0.5) is 0 Å². The fraction of sp³-hybridized carbons (Fsp3) is 0.500. The lowest BCUT2D eigenvalue weighted by Crippen LogP contribution is -2.33. The largest absolute Gasteiger partial charge is 0.467 e. The third kappa shape index (κ3) is 2.90. The van der Waals surface area contributed by atoms with Crippen LogP contribution in [0.25, 0.3) is 0 Å². The molecule has 1 fully saturated rings. The molecule has 0 spiro atoms. The second-order valence-corrected chi connectivity index (χ2v) is 5.32. The minimum Gasteiger partial charge on any atom is -0.467 e. The van der Waals surface area contributed by atoms with E-state index in [4.69, 9.17) is 25.8 Å². The number of benzene rings is 1. The molecule has 1 amide bonds. The molecule has 5 nitrogen and oxygen atoms in total. The van der Waals surface area contributed by atoms with Gasteiger partial charge in [-0.05, 0) is 25.0 Å². The molecule has 0 aromatic heterocycles. The number of fused-ring (bicyclic) bond motifs is 1. The first-order chi connectivity index (χ1) is 9.74. The van der Waals surface area contributed by atoms with Gasteiger partial charge in [0.1, 0.15) is 11.9 Å². The number of ether oxygens (including phenoxy) is 3. The van der Waals surface area contributed by atoms with Crippen molar-refractivity contribution in [2.45, 2.75) is 32.1 Å². The van der Waals surface area contributed by atoms with Gasteiger partial charge in [0.15, 0.2) is 6.79 Å². The summed E-state index contributed by atoms with van der Waals surface area (Å²) in [7, 11) is 0. The highest BCUT2D eigenvalue weighted by molar-refractivity contribution is 6.30. The zero-order chi connectivity index (χ0) is 13.9. The van der Waals surface area contributed by atoms with Crippen molar-refractivity contribution in [3.8, 4) is 5.75 Å². The summed E-state index contributed by atoms with van der Waals surface area (Å²) in [5, 5.41) is 3.49. The molecule has 1 aromatic rings. The maximum Gasteiger partial charge on any atom is 0.249 e. The van der Waals surface area contributed by atoms with Gasteiger partial charge in [-0.1, -0.05) is 11.6 Å². The summed E-state index contributed by atoms with van der Waals surface area (Å²) in [6.07, 6.45) is 1.39. The van der Waals surface area contributed by atoms with E-state index in [1.165, 1.54) is 0 Å². The highest BCUT2D eigenvalue weighted by atomic mass is 35.5. The number of hydrogen-bond donors (Lipinski definition) is 1. The van der Waals surface area contributed by atoms with E-state index < -0.39 is 0 Å². The summed E-state index contributed by atoms with van der Waals surface area (Å²) in [6, 6.07) is 3.63. The zero-order valence-electron chi connectivity index (χ0n) is 11.0. The van der Waals surface area contributed by atoms with Gasteiger partial charge in [-0.15, -0.1) is 0 Å². The monoisotopic (exact) mass is 297 g/mol. The molecule has 1 atom stereocenters. The minimum absolute atomic E-state index is 0.0803. The molecule has 2 heterocycles. The Kier molecular flexibility index (Phi) is 4.10. The molecular weight excluding hydrogens is 282 g/mol. The molecule has 6 heteroatoms. The Labute approximate surface area is 122 Å². The lowest BCUT2D eigenvalue weighted by molar-refractivity contribution is -0.130. The van der Waals surface area contributed by atoms with E-state index in [9.17, 15) is 4.79 Å². The Morgan fingerprint density at radius 2 is 2.35 bits per heavy atom. The number of hydrogen-bond acceptors (Lipinski definition) is 4. The maximum atomic E-state index is 11.9. The number of nitrogens with one attached hydrogen (secondary N) is 1. The molecule has 1 unspecified atom stereocenters. The van der Waals surface area contributed by atoms with Crippen molar-refractivity contribution in [1.82, 2.24) is 5.32 Å². The number of carbonyl (C=O) groups is 1. The maximum absolute atomic E-state index is 11.9. The van der Waals surface area contributed by atoms with E-state index >= 15 is 0 Å². The molecular formula is C14H16ClNO4. The summed E-state index contributed by atoms with van der Waals surface area (Å²) in [5.74, 6) is 0.677. The highest BCUT2D eigenvalue weighted by Gasteiger charge is 2.24. The summed E-state index contributed by atoms with van der Waals surface area (Å²) < 4.78 is 16.1. The van der Waals surface area contributed by atoms with Crippen molar-refractivity contribution < 1.29 is 19.0 Å². The topological polar surface area (TPSA) is 56.8 Å². The van der Waals surface area contributed by atoms with E-state index in [0.29, 0.717) is 24.8 Å². The average molecular weight is 298 g/mol.